The Hall–Kier alpha value is -1.94. The summed E-state index contributed by atoms with van der Waals surface area (Å²) in [6.45, 7) is 4.81. The molecule has 0 atom stereocenters. The van der Waals surface area contributed by atoms with Gasteiger partial charge in [-0.25, -0.2) is 4.98 Å². The van der Waals surface area contributed by atoms with Gasteiger partial charge in [0.1, 0.15) is 5.82 Å². The Morgan fingerprint density at radius 3 is 2.55 bits per heavy atom. The van der Waals surface area contributed by atoms with E-state index in [1.54, 1.807) is 13.2 Å². The van der Waals surface area contributed by atoms with Gasteiger partial charge in [0, 0.05) is 24.4 Å². The zero-order valence-corrected chi connectivity index (χ0v) is 12.1. The molecule has 1 aromatic heterocycles. The van der Waals surface area contributed by atoms with E-state index in [4.69, 9.17) is 4.74 Å². The molecule has 1 heterocycles. The zero-order valence-electron chi connectivity index (χ0n) is 12.1. The fourth-order valence-corrected chi connectivity index (χ4v) is 2.09. The second kappa shape index (κ2) is 6.48. The third-order valence-corrected chi connectivity index (χ3v) is 2.95. The first kappa shape index (κ1) is 14.5. The Balaban J connectivity index is 2.31. The maximum Gasteiger partial charge on any atom is 0.251 e. The molecule has 0 unspecified atom stereocenters. The summed E-state index contributed by atoms with van der Waals surface area (Å²) < 4.78 is 5.08. The van der Waals surface area contributed by atoms with Crippen LogP contribution in [0.25, 0.3) is 11.4 Å². The number of methoxy groups -OCH3 is 1. The minimum Gasteiger partial charge on any atom is -0.380 e. The van der Waals surface area contributed by atoms with Crippen molar-refractivity contribution in [1.82, 2.24) is 9.97 Å². The highest BCUT2D eigenvalue weighted by Crippen LogP contribution is 2.16. The van der Waals surface area contributed by atoms with Gasteiger partial charge >= 0.3 is 0 Å². The number of hydrogen-bond donors (Lipinski definition) is 1. The molecule has 0 aliphatic heterocycles. The smallest absolute Gasteiger partial charge is 0.251 e. The van der Waals surface area contributed by atoms with Crippen molar-refractivity contribution in [2.24, 2.45) is 5.92 Å². The van der Waals surface area contributed by atoms with E-state index in [1.165, 1.54) is 0 Å². The van der Waals surface area contributed by atoms with E-state index in [1.807, 2.05) is 24.3 Å². The molecule has 2 aromatic rings. The number of aromatic amines is 1. The van der Waals surface area contributed by atoms with Crippen LogP contribution in [0.15, 0.2) is 35.1 Å². The Morgan fingerprint density at radius 1 is 1.25 bits per heavy atom. The van der Waals surface area contributed by atoms with E-state index in [0.717, 1.165) is 23.2 Å². The summed E-state index contributed by atoms with van der Waals surface area (Å²) in [6, 6.07) is 9.43. The SMILES string of the molecule is COCc1ccc(-c2nc(CC(C)C)cc(=O)[nH]2)cc1. The van der Waals surface area contributed by atoms with Crippen molar-refractivity contribution < 1.29 is 4.74 Å². The molecule has 2 rings (SSSR count). The molecular formula is C16H20N2O2. The number of aromatic nitrogens is 2. The predicted octanol–water partition coefficient (Wildman–Crippen LogP) is 2.78. The van der Waals surface area contributed by atoms with Crippen LogP contribution in [0.5, 0.6) is 0 Å². The van der Waals surface area contributed by atoms with Crippen molar-refractivity contribution in [3.8, 4) is 11.4 Å². The summed E-state index contributed by atoms with van der Waals surface area (Å²) >= 11 is 0. The summed E-state index contributed by atoms with van der Waals surface area (Å²) in [5, 5.41) is 0. The van der Waals surface area contributed by atoms with Gasteiger partial charge in [0.05, 0.1) is 6.61 Å². The summed E-state index contributed by atoms with van der Waals surface area (Å²) in [6.07, 6.45) is 0.804. The van der Waals surface area contributed by atoms with Crippen LogP contribution in [0.1, 0.15) is 25.1 Å². The standard InChI is InChI=1S/C16H20N2O2/c1-11(2)8-14-9-15(19)18-16(17-14)13-6-4-12(5-7-13)10-20-3/h4-7,9,11H,8,10H2,1-3H3,(H,17,18,19). The third-order valence-electron chi connectivity index (χ3n) is 2.95. The normalized spacial score (nSPS) is 11.0. The van der Waals surface area contributed by atoms with Gasteiger partial charge < -0.3 is 9.72 Å². The topological polar surface area (TPSA) is 55.0 Å². The lowest BCUT2D eigenvalue weighted by atomic mass is 10.1. The molecule has 4 nitrogen and oxygen atoms in total. The van der Waals surface area contributed by atoms with Crippen LogP contribution in [0.2, 0.25) is 0 Å². The van der Waals surface area contributed by atoms with Crippen LogP contribution in [0, 0.1) is 5.92 Å². The molecular weight excluding hydrogens is 252 g/mol. The highest BCUT2D eigenvalue weighted by molar-refractivity contribution is 5.55. The monoisotopic (exact) mass is 272 g/mol. The van der Waals surface area contributed by atoms with Crippen LogP contribution in [0.3, 0.4) is 0 Å². The van der Waals surface area contributed by atoms with Crippen LogP contribution >= 0.6 is 0 Å². The molecule has 20 heavy (non-hydrogen) atoms. The van der Waals surface area contributed by atoms with Crippen LogP contribution < -0.4 is 5.56 Å². The lowest BCUT2D eigenvalue weighted by Gasteiger charge is -2.07. The van der Waals surface area contributed by atoms with Gasteiger partial charge in [-0.15, -0.1) is 0 Å². The lowest BCUT2D eigenvalue weighted by Crippen LogP contribution is -2.11. The Morgan fingerprint density at radius 2 is 1.95 bits per heavy atom. The highest BCUT2D eigenvalue weighted by atomic mass is 16.5. The van der Waals surface area contributed by atoms with E-state index >= 15 is 0 Å². The molecule has 0 bridgehead atoms. The lowest BCUT2D eigenvalue weighted by molar-refractivity contribution is 0.185. The number of nitrogens with zero attached hydrogens (tertiary/aromatic N) is 1. The number of H-pyrrole nitrogens is 1. The van der Waals surface area contributed by atoms with E-state index in [-0.39, 0.29) is 5.56 Å². The molecule has 1 N–H and O–H groups in total. The zero-order chi connectivity index (χ0) is 14.5. The molecule has 0 radical (unpaired) electrons. The fourth-order valence-electron chi connectivity index (χ4n) is 2.09. The summed E-state index contributed by atoms with van der Waals surface area (Å²) in [4.78, 5) is 19.0. The van der Waals surface area contributed by atoms with Gasteiger partial charge in [-0.1, -0.05) is 38.1 Å². The molecule has 1 aromatic carbocycles. The molecule has 0 spiro atoms. The van der Waals surface area contributed by atoms with Gasteiger partial charge in [-0.3, -0.25) is 4.79 Å². The van der Waals surface area contributed by atoms with Gasteiger partial charge in [0.15, 0.2) is 0 Å². The van der Waals surface area contributed by atoms with E-state index < -0.39 is 0 Å². The Bertz CT molecular complexity index is 615. The molecule has 0 saturated carbocycles. The second-order valence-corrected chi connectivity index (χ2v) is 5.31. The van der Waals surface area contributed by atoms with Crippen LogP contribution in [0.4, 0.5) is 0 Å². The van der Waals surface area contributed by atoms with Crippen LogP contribution in [-0.2, 0) is 17.8 Å². The predicted molar refractivity (Wildman–Crippen MR) is 79.5 cm³/mol. The first-order valence-electron chi connectivity index (χ1n) is 6.77. The molecule has 0 fully saturated rings. The van der Waals surface area contributed by atoms with Crippen molar-refractivity contribution in [2.75, 3.05) is 7.11 Å². The number of hydrogen-bond acceptors (Lipinski definition) is 3. The van der Waals surface area contributed by atoms with Gasteiger partial charge in [0.2, 0.25) is 0 Å². The minimum absolute atomic E-state index is 0.105. The quantitative estimate of drug-likeness (QED) is 0.910. The molecule has 0 aliphatic carbocycles. The van der Waals surface area contributed by atoms with E-state index in [9.17, 15) is 4.79 Å². The Kier molecular flexibility index (Phi) is 4.69. The average Bonchev–Trinajstić information content (AvgIpc) is 2.38. The van der Waals surface area contributed by atoms with Crippen molar-refractivity contribution in [2.45, 2.75) is 26.9 Å². The molecule has 106 valence electrons. The van der Waals surface area contributed by atoms with Gasteiger partial charge in [-0.05, 0) is 17.9 Å². The molecule has 4 heteroatoms. The van der Waals surface area contributed by atoms with Gasteiger partial charge in [-0.2, -0.15) is 0 Å². The number of ether oxygens (including phenoxy) is 1. The van der Waals surface area contributed by atoms with Crippen LogP contribution in [-0.4, -0.2) is 17.1 Å². The first-order chi connectivity index (χ1) is 9.58. The second-order valence-electron chi connectivity index (χ2n) is 5.31. The molecule has 0 saturated heterocycles. The largest absolute Gasteiger partial charge is 0.380 e. The van der Waals surface area contributed by atoms with E-state index in [2.05, 4.69) is 23.8 Å². The number of nitrogens with one attached hydrogen (secondary N) is 1. The number of rotatable bonds is 5. The van der Waals surface area contributed by atoms with Crippen molar-refractivity contribution >= 4 is 0 Å². The first-order valence-corrected chi connectivity index (χ1v) is 6.77. The minimum atomic E-state index is -0.105. The molecule has 0 amide bonds. The van der Waals surface area contributed by atoms with Crippen molar-refractivity contribution in [3.63, 3.8) is 0 Å². The van der Waals surface area contributed by atoms with E-state index in [0.29, 0.717) is 18.3 Å². The van der Waals surface area contributed by atoms with Crippen molar-refractivity contribution in [3.05, 3.63) is 51.9 Å². The average molecular weight is 272 g/mol. The maximum absolute atomic E-state index is 11.7. The highest BCUT2D eigenvalue weighted by Gasteiger charge is 2.06. The van der Waals surface area contributed by atoms with Crippen molar-refractivity contribution in [1.29, 1.82) is 0 Å². The summed E-state index contributed by atoms with van der Waals surface area (Å²) in [5.74, 6) is 1.10. The summed E-state index contributed by atoms with van der Waals surface area (Å²) in [5.41, 5.74) is 2.73. The fraction of sp³-hybridized carbons (Fsp3) is 0.375. The van der Waals surface area contributed by atoms with Gasteiger partial charge in [0.25, 0.3) is 5.56 Å². The maximum atomic E-state index is 11.7. The Labute approximate surface area is 118 Å². The molecule has 0 aliphatic rings. The third kappa shape index (κ3) is 3.78. The number of benzene rings is 1. The summed E-state index contributed by atoms with van der Waals surface area (Å²) in [7, 11) is 1.67.